The Morgan fingerprint density at radius 1 is 1.00 bits per heavy atom. The van der Waals surface area contributed by atoms with E-state index >= 15 is 0 Å². The van der Waals surface area contributed by atoms with Gasteiger partial charge in [0.15, 0.2) is 0 Å². The lowest BCUT2D eigenvalue weighted by Gasteiger charge is -1.89. The maximum absolute atomic E-state index is 2.16. The lowest BCUT2D eigenvalue weighted by atomic mass is 10.2. The van der Waals surface area contributed by atoms with Crippen LogP contribution in [-0.4, -0.2) is 0 Å². The zero-order chi connectivity index (χ0) is 5.82. The maximum Gasteiger partial charge on any atom is -0.0307 e. The Bertz CT molecular complexity index is 141. The molecule has 0 unspecified atom stereocenters. The van der Waals surface area contributed by atoms with Crippen LogP contribution in [0.3, 0.4) is 0 Å². The van der Waals surface area contributed by atoms with Gasteiger partial charge in [-0.15, -0.1) is 0 Å². The molecule has 0 heteroatoms. The van der Waals surface area contributed by atoms with Gasteiger partial charge in [0.1, 0.15) is 0 Å². The summed E-state index contributed by atoms with van der Waals surface area (Å²) in [5.74, 6) is 0. The smallest absolute Gasteiger partial charge is 0.0307 e. The molecule has 1 rings (SSSR count). The van der Waals surface area contributed by atoms with Crippen molar-refractivity contribution in [2.24, 2.45) is 0 Å². The van der Waals surface area contributed by atoms with Crippen LogP contribution in [-0.2, 0) is 6.42 Å². The molecular weight excluding hydrogens is 120 g/mol. The van der Waals surface area contributed by atoms with E-state index in [1.54, 1.807) is 0 Å². The van der Waals surface area contributed by atoms with Crippen LogP contribution in [0.25, 0.3) is 0 Å². The van der Waals surface area contributed by atoms with E-state index in [9.17, 15) is 0 Å². The second-order valence-corrected chi connectivity index (χ2v) is 1.84. The number of hydrogen-bond donors (Lipinski definition) is 0. The fourth-order valence-corrected chi connectivity index (χ4v) is 0.714. The average Bonchev–Trinajstić information content (AvgIpc) is 1.90. The molecule has 0 heterocycles. The molecule has 0 aliphatic carbocycles. The van der Waals surface area contributed by atoms with Crippen molar-refractivity contribution in [3.05, 3.63) is 35.9 Å². The third-order valence-corrected chi connectivity index (χ3v) is 1.25. The Labute approximate surface area is 64.9 Å². The van der Waals surface area contributed by atoms with Crippen LogP contribution in [0.4, 0.5) is 0 Å². The SMILES string of the molecule is C.C.CCc1ccccc1. The minimum atomic E-state index is 0. The van der Waals surface area contributed by atoms with Gasteiger partial charge < -0.3 is 0 Å². The van der Waals surface area contributed by atoms with Gasteiger partial charge in [-0.3, -0.25) is 0 Å². The predicted octanol–water partition coefficient (Wildman–Crippen LogP) is 3.52. The van der Waals surface area contributed by atoms with Crippen LogP contribution in [0.2, 0.25) is 0 Å². The average molecular weight is 138 g/mol. The summed E-state index contributed by atoms with van der Waals surface area (Å²) in [5, 5.41) is 0. The summed E-state index contributed by atoms with van der Waals surface area (Å²) in [7, 11) is 0. The van der Waals surface area contributed by atoms with Crippen molar-refractivity contribution in [2.75, 3.05) is 0 Å². The zero-order valence-corrected chi connectivity index (χ0v) is 5.09. The van der Waals surface area contributed by atoms with Crippen molar-refractivity contribution in [1.29, 1.82) is 0 Å². The molecule has 0 fully saturated rings. The first kappa shape index (κ1) is 12.0. The summed E-state index contributed by atoms with van der Waals surface area (Å²) in [6.07, 6.45) is 1.14. The summed E-state index contributed by atoms with van der Waals surface area (Å²) < 4.78 is 0. The van der Waals surface area contributed by atoms with E-state index in [0.29, 0.717) is 0 Å². The van der Waals surface area contributed by atoms with Gasteiger partial charge >= 0.3 is 0 Å². The van der Waals surface area contributed by atoms with Crippen molar-refractivity contribution < 1.29 is 0 Å². The molecular formula is C10H18. The van der Waals surface area contributed by atoms with Gasteiger partial charge in [-0.25, -0.2) is 0 Å². The van der Waals surface area contributed by atoms with E-state index < -0.39 is 0 Å². The molecule has 0 aliphatic heterocycles. The van der Waals surface area contributed by atoms with Crippen LogP contribution < -0.4 is 0 Å². The molecule has 0 aliphatic rings. The highest BCUT2D eigenvalue weighted by molar-refractivity contribution is 5.13. The minimum Gasteiger partial charge on any atom is -0.0776 e. The molecule has 0 N–H and O–H groups in total. The van der Waals surface area contributed by atoms with Gasteiger partial charge in [-0.2, -0.15) is 0 Å². The van der Waals surface area contributed by atoms with Crippen molar-refractivity contribution >= 4 is 0 Å². The van der Waals surface area contributed by atoms with Crippen LogP contribution in [0.15, 0.2) is 30.3 Å². The first-order chi connectivity index (χ1) is 3.93. The molecule has 0 radical (unpaired) electrons. The topological polar surface area (TPSA) is 0 Å². The first-order valence-electron chi connectivity index (χ1n) is 2.97. The third kappa shape index (κ3) is 3.29. The van der Waals surface area contributed by atoms with Crippen molar-refractivity contribution in [3.8, 4) is 0 Å². The molecule has 1 aromatic carbocycles. The Balaban J connectivity index is 0. The van der Waals surface area contributed by atoms with E-state index in [2.05, 4.69) is 31.2 Å². The molecule has 58 valence electrons. The predicted molar refractivity (Wildman–Crippen MR) is 49.3 cm³/mol. The monoisotopic (exact) mass is 138 g/mol. The maximum atomic E-state index is 2.16. The number of benzene rings is 1. The van der Waals surface area contributed by atoms with Crippen LogP contribution in [0, 0.1) is 0 Å². The van der Waals surface area contributed by atoms with Gasteiger partial charge in [0.05, 0.1) is 0 Å². The summed E-state index contributed by atoms with van der Waals surface area (Å²) in [6.45, 7) is 2.16. The standard InChI is InChI=1S/C8H10.2CH4/c1-2-8-6-4-3-5-7-8;;/h3-7H,2H2,1H3;2*1H4. The Morgan fingerprint density at radius 3 is 1.80 bits per heavy atom. The zero-order valence-electron chi connectivity index (χ0n) is 5.09. The molecule has 0 aromatic heterocycles. The van der Waals surface area contributed by atoms with Gasteiger partial charge in [0, 0.05) is 0 Å². The fraction of sp³-hybridized carbons (Fsp3) is 0.400. The van der Waals surface area contributed by atoms with E-state index in [-0.39, 0.29) is 14.9 Å². The molecule has 0 atom stereocenters. The summed E-state index contributed by atoms with van der Waals surface area (Å²) in [6, 6.07) is 10.5. The third-order valence-electron chi connectivity index (χ3n) is 1.25. The molecule has 0 spiro atoms. The summed E-state index contributed by atoms with van der Waals surface area (Å²) in [5.41, 5.74) is 1.41. The first-order valence-corrected chi connectivity index (χ1v) is 2.97. The molecule has 0 bridgehead atoms. The summed E-state index contributed by atoms with van der Waals surface area (Å²) >= 11 is 0. The van der Waals surface area contributed by atoms with Gasteiger partial charge in [0.2, 0.25) is 0 Å². The highest BCUT2D eigenvalue weighted by Gasteiger charge is 1.79. The highest BCUT2D eigenvalue weighted by atomic mass is 13.9. The van der Waals surface area contributed by atoms with Gasteiger partial charge in [0.25, 0.3) is 0 Å². The Hall–Kier alpha value is -0.780. The quantitative estimate of drug-likeness (QED) is 0.557. The summed E-state index contributed by atoms with van der Waals surface area (Å²) in [4.78, 5) is 0. The fourth-order valence-electron chi connectivity index (χ4n) is 0.714. The van der Waals surface area contributed by atoms with Crippen molar-refractivity contribution in [1.82, 2.24) is 0 Å². The Kier molecular flexibility index (Phi) is 7.58. The lowest BCUT2D eigenvalue weighted by Crippen LogP contribution is -1.73. The second kappa shape index (κ2) is 6.34. The molecule has 1 aromatic rings. The van der Waals surface area contributed by atoms with Crippen LogP contribution in [0.5, 0.6) is 0 Å². The van der Waals surface area contributed by atoms with E-state index in [1.807, 2.05) is 6.07 Å². The van der Waals surface area contributed by atoms with Gasteiger partial charge in [-0.05, 0) is 12.0 Å². The molecule has 0 amide bonds. The number of rotatable bonds is 1. The number of hydrogen-bond acceptors (Lipinski definition) is 0. The normalized spacial score (nSPS) is 7.30. The largest absolute Gasteiger partial charge is 0.0776 e. The molecule has 10 heavy (non-hydrogen) atoms. The molecule has 0 nitrogen and oxygen atoms in total. The lowest BCUT2D eigenvalue weighted by molar-refractivity contribution is 1.14. The van der Waals surface area contributed by atoms with Crippen molar-refractivity contribution in [2.45, 2.75) is 28.2 Å². The minimum absolute atomic E-state index is 0. The van der Waals surface area contributed by atoms with Crippen LogP contribution >= 0.6 is 0 Å². The second-order valence-electron chi connectivity index (χ2n) is 1.84. The van der Waals surface area contributed by atoms with Crippen molar-refractivity contribution in [3.63, 3.8) is 0 Å². The highest BCUT2D eigenvalue weighted by Crippen LogP contribution is 1.96. The van der Waals surface area contributed by atoms with E-state index in [0.717, 1.165) is 6.42 Å². The van der Waals surface area contributed by atoms with Gasteiger partial charge in [-0.1, -0.05) is 52.1 Å². The Morgan fingerprint density at radius 2 is 1.50 bits per heavy atom. The number of aryl methyl sites for hydroxylation is 1. The van der Waals surface area contributed by atoms with E-state index in [4.69, 9.17) is 0 Å². The van der Waals surface area contributed by atoms with Crippen LogP contribution in [0.1, 0.15) is 27.3 Å². The molecule has 0 saturated heterocycles. The van der Waals surface area contributed by atoms with E-state index in [1.165, 1.54) is 5.56 Å². The molecule has 0 saturated carbocycles.